The summed E-state index contributed by atoms with van der Waals surface area (Å²) in [5, 5.41) is 4.85. The lowest BCUT2D eigenvalue weighted by Gasteiger charge is -2.31. The number of amides is 1. The molecule has 2 heterocycles. The average molecular weight is 344 g/mol. The molecule has 0 radical (unpaired) electrons. The number of rotatable bonds is 4. The fourth-order valence-corrected chi connectivity index (χ4v) is 5.61. The molecule has 21 heavy (non-hydrogen) atoms. The van der Waals surface area contributed by atoms with Gasteiger partial charge in [-0.3, -0.25) is 4.79 Å². The molecular formula is C14H21N3OS3. The van der Waals surface area contributed by atoms with Crippen molar-refractivity contribution in [2.75, 3.05) is 35.7 Å². The number of anilines is 2. The largest absolute Gasteiger partial charge is 0.396 e. The van der Waals surface area contributed by atoms with Gasteiger partial charge in [-0.05, 0) is 19.1 Å². The summed E-state index contributed by atoms with van der Waals surface area (Å²) < 4.78 is 0. The Kier molecular flexibility index (Phi) is 4.61. The third kappa shape index (κ3) is 3.29. The third-order valence-corrected chi connectivity index (χ3v) is 7.09. The molecule has 1 saturated carbocycles. The van der Waals surface area contributed by atoms with E-state index < -0.39 is 0 Å². The van der Waals surface area contributed by atoms with Crippen molar-refractivity contribution >= 4 is 51.5 Å². The first kappa shape index (κ1) is 15.4. The molecule has 1 aliphatic carbocycles. The van der Waals surface area contributed by atoms with E-state index in [4.69, 9.17) is 5.73 Å². The highest BCUT2D eigenvalue weighted by molar-refractivity contribution is 8.00. The van der Waals surface area contributed by atoms with E-state index in [0.717, 1.165) is 36.6 Å². The minimum atomic E-state index is 0.000910. The van der Waals surface area contributed by atoms with Gasteiger partial charge in [0.15, 0.2) is 0 Å². The van der Waals surface area contributed by atoms with Crippen molar-refractivity contribution in [1.29, 1.82) is 0 Å². The Labute approximate surface area is 138 Å². The monoisotopic (exact) mass is 343 g/mol. The van der Waals surface area contributed by atoms with E-state index >= 15 is 0 Å². The molecule has 3 N–H and O–H groups in total. The van der Waals surface area contributed by atoms with E-state index in [9.17, 15) is 4.79 Å². The molecule has 2 aliphatic rings. The van der Waals surface area contributed by atoms with Crippen LogP contribution in [0.2, 0.25) is 0 Å². The molecule has 1 aliphatic heterocycles. The fourth-order valence-electron chi connectivity index (χ4n) is 2.47. The number of carbonyl (C=O) groups is 1. The molecule has 4 nitrogen and oxygen atoms in total. The molecule has 1 amide bonds. The summed E-state index contributed by atoms with van der Waals surface area (Å²) >= 11 is 5.21. The molecule has 0 bridgehead atoms. The van der Waals surface area contributed by atoms with Gasteiger partial charge < -0.3 is 16.0 Å². The number of nitrogens with zero attached hydrogens (tertiary/aromatic N) is 1. The SMILES string of the molecule is CSc1c(N2CCSC(C)C2)sc(C(=O)NC2CC2)c1N. The van der Waals surface area contributed by atoms with E-state index in [1.54, 1.807) is 23.1 Å². The quantitative estimate of drug-likeness (QED) is 0.823. The van der Waals surface area contributed by atoms with Crippen LogP contribution in [0.1, 0.15) is 29.4 Å². The molecule has 2 fully saturated rings. The molecule has 1 unspecified atom stereocenters. The molecule has 0 aromatic carbocycles. The Morgan fingerprint density at radius 3 is 2.86 bits per heavy atom. The van der Waals surface area contributed by atoms with Gasteiger partial charge in [0, 0.05) is 30.1 Å². The second-order valence-electron chi connectivity index (χ2n) is 5.56. The standard InChI is InChI=1S/C14H21N3OS3/c1-8-7-17(5-6-20-8)14-12(19-2)10(15)11(21-14)13(18)16-9-3-4-9/h8-9H,3-7,15H2,1-2H3,(H,16,18). The minimum absolute atomic E-state index is 0.000910. The van der Waals surface area contributed by atoms with Crippen LogP contribution in [0.15, 0.2) is 4.90 Å². The maximum Gasteiger partial charge on any atom is 0.263 e. The molecule has 0 spiro atoms. The fraction of sp³-hybridized carbons (Fsp3) is 0.643. The number of nitrogens with two attached hydrogens (primary N) is 1. The second kappa shape index (κ2) is 6.30. The van der Waals surface area contributed by atoms with Crippen LogP contribution in [0.4, 0.5) is 10.7 Å². The maximum absolute atomic E-state index is 12.3. The van der Waals surface area contributed by atoms with E-state index in [-0.39, 0.29) is 5.91 Å². The summed E-state index contributed by atoms with van der Waals surface area (Å²) in [6.45, 7) is 4.32. The number of thioether (sulfide) groups is 2. The Bertz CT molecular complexity index is 542. The van der Waals surface area contributed by atoms with Crippen LogP contribution in [-0.4, -0.2) is 42.3 Å². The van der Waals surface area contributed by atoms with Crippen molar-refractivity contribution in [1.82, 2.24) is 5.32 Å². The maximum atomic E-state index is 12.3. The van der Waals surface area contributed by atoms with Gasteiger partial charge in [-0.15, -0.1) is 23.1 Å². The van der Waals surface area contributed by atoms with Gasteiger partial charge in [0.05, 0.1) is 10.6 Å². The number of nitrogen functional groups attached to an aromatic ring is 1. The summed E-state index contributed by atoms with van der Waals surface area (Å²) in [4.78, 5) is 16.5. The third-order valence-electron chi connectivity index (χ3n) is 3.73. The lowest BCUT2D eigenvalue weighted by molar-refractivity contribution is 0.0956. The molecule has 1 atom stereocenters. The van der Waals surface area contributed by atoms with Crippen LogP contribution in [0.3, 0.4) is 0 Å². The summed E-state index contributed by atoms with van der Waals surface area (Å²) in [6, 6.07) is 0.367. The minimum Gasteiger partial charge on any atom is -0.396 e. The van der Waals surface area contributed by atoms with Crippen molar-refractivity contribution in [2.45, 2.75) is 36.0 Å². The zero-order valence-corrected chi connectivity index (χ0v) is 14.8. The van der Waals surface area contributed by atoms with Gasteiger partial charge in [0.1, 0.15) is 9.88 Å². The molecular weight excluding hydrogens is 322 g/mol. The van der Waals surface area contributed by atoms with Crippen LogP contribution in [0.5, 0.6) is 0 Å². The van der Waals surface area contributed by atoms with E-state index in [1.807, 2.05) is 18.0 Å². The first-order valence-electron chi connectivity index (χ1n) is 7.23. The Morgan fingerprint density at radius 1 is 1.48 bits per heavy atom. The average Bonchev–Trinajstić information content (AvgIpc) is 3.20. The summed E-state index contributed by atoms with van der Waals surface area (Å²) in [5.41, 5.74) is 6.91. The zero-order valence-electron chi connectivity index (χ0n) is 12.3. The molecule has 7 heteroatoms. The summed E-state index contributed by atoms with van der Waals surface area (Å²) in [5.74, 6) is 1.14. The van der Waals surface area contributed by atoms with Gasteiger partial charge >= 0.3 is 0 Å². The smallest absolute Gasteiger partial charge is 0.263 e. The number of hydrogen-bond acceptors (Lipinski definition) is 6. The van der Waals surface area contributed by atoms with Crippen molar-refractivity contribution in [3.63, 3.8) is 0 Å². The molecule has 1 aromatic heterocycles. The van der Waals surface area contributed by atoms with Crippen molar-refractivity contribution < 1.29 is 4.79 Å². The lowest BCUT2D eigenvalue weighted by Crippen LogP contribution is -2.36. The molecule has 1 aromatic rings. The summed E-state index contributed by atoms with van der Waals surface area (Å²) in [7, 11) is 0. The highest BCUT2D eigenvalue weighted by atomic mass is 32.2. The van der Waals surface area contributed by atoms with Crippen LogP contribution in [0.25, 0.3) is 0 Å². The van der Waals surface area contributed by atoms with Crippen molar-refractivity contribution in [3.8, 4) is 0 Å². The first-order chi connectivity index (χ1) is 10.1. The van der Waals surface area contributed by atoms with Gasteiger partial charge in [-0.1, -0.05) is 6.92 Å². The van der Waals surface area contributed by atoms with Crippen molar-refractivity contribution in [3.05, 3.63) is 4.88 Å². The van der Waals surface area contributed by atoms with Crippen LogP contribution >= 0.6 is 34.9 Å². The normalized spacial score (nSPS) is 22.4. The molecule has 116 valence electrons. The zero-order chi connectivity index (χ0) is 15.0. The van der Waals surface area contributed by atoms with E-state index in [0.29, 0.717) is 21.9 Å². The van der Waals surface area contributed by atoms with Gasteiger partial charge in [-0.25, -0.2) is 0 Å². The predicted molar refractivity (Wildman–Crippen MR) is 95.1 cm³/mol. The lowest BCUT2D eigenvalue weighted by atomic mass is 10.3. The summed E-state index contributed by atoms with van der Waals surface area (Å²) in [6.07, 6.45) is 4.23. The molecule has 3 rings (SSSR count). The van der Waals surface area contributed by atoms with Gasteiger partial charge in [0.2, 0.25) is 0 Å². The van der Waals surface area contributed by atoms with E-state index in [2.05, 4.69) is 17.1 Å². The Hall–Kier alpha value is -0.530. The van der Waals surface area contributed by atoms with Crippen LogP contribution in [-0.2, 0) is 0 Å². The number of carbonyl (C=O) groups excluding carboxylic acids is 1. The van der Waals surface area contributed by atoms with Gasteiger partial charge in [-0.2, -0.15) is 11.8 Å². The number of nitrogens with one attached hydrogen (secondary N) is 1. The topological polar surface area (TPSA) is 58.4 Å². The Balaban J connectivity index is 1.86. The van der Waals surface area contributed by atoms with Gasteiger partial charge in [0.25, 0.3) is 5.91 Å². The van der Waals surface area contributed by atoms with E-state index in [1.165, 1.54) is 5.00 Å². The highest BCUT2D eigenvalue weighted by Crippen LogP contribution is 2.45. The number of hydrogen-bond donors (Lipinski definition) is 2. The second-order valence-corrected chi connectivity index (χ2v) is 8.92. The van der Waals surface area contributed by atoms with Crippen molar-refractivity contribution in [2.24, 2.45) is 0 Å². The highest BCUT2D eigenvalue weighted by Gasteiger charge is 2.29. The predicted octanol–water partition coefficient (Wildman–Crippen LogP) is 2.89. The van der Waals surface area contributed by atoms with Crippen LogP contribution in [0, 0.1) is 0 Å². The molecule has 1 saturated heterocycles. The first-order valence-corrected chi connectivity index (χ1v) is 10.3. The van der Waals surface area contributed by atoms with Crippen LogP contribution < -0.4 is 16.0 Å². The number of thiophene rings is 1. The Morgan fingerprint density at radius 2 is 2.24 bits per heavy atom.